The van der Waals surface area contributed by atoms with E-state index in [0.717, 1.165) is 36.8 Å². The Hall–Kier alpha value is -3.26. The minimum Gasteiger partial charge on any atom is -0.207 e. The molecule has 0 fully saturated rings. The molecule has 0 aromatic heterocycles. The van der Waals surface area contributed by atoms with Gasteiger partial charge in [-0.25, -0.2) is 8.78 Å². The van der Waals surface area contributed by atoms with Crippen molar-refractivity contribution in [1.82, 2.24) is 0 Å². The zero-order valence-corrected chi connectivity index (χ0v) is 20.0. The van der Waals surface area contributed by atoms with Gasteiger partial charge in [0.15, 0.2) is 0 Å². The Balaban J connectivity index is 1.42. The molecule has 0 amide bonds. The molecule has 174 valence electrons. The van der Waals surface area contributed by atoms with E-state index in [2.05, 4.69) is 43.3 Å². The molecule has 0 unspecified atom stereocenters. The predicted octanol–water partition coefficient (Wildman–Crippen LogP) is 8.72. The molecule has 0 spiro atoms. The van der Waals surface area contributed by atoms with Gasteiger partial charge in [-0.2, -0.15) is 0 Å². The van der Waals surface area contributed by atoms with Crippen LogP contribution in [0.15, 0.2) is 91.0 Å². The van der Waals surface area contributed by atoms with Crippen molar-refractivity contribution < 1.29 is 8.78 Å². The van der Waals surface area contributed by atoms with Gasteiger partial charge in [0.05, 0.1) is 0 Å². The van der Waals surface area contributed by atoms with Crippen LogP contribution < -0.4 is 0 Å². The number of hydrogen-bond acceptors (Lipinski definition) is 0. The molecule has 0 bridgehead atoms. The largest absolute Gasteiger partial charge is 0.207 e. The lowest BCUT2D eigenvalue weighted by Crippen LogP contribution is -2.04. The summed E-state index contributed by atoms with van der Waals surface area (Å²) in [6.07, 6.45) is 4.53. The summed E-state index contributed by atoms with van der Waals surface area (Å²) in [7, 11) is 0. The van der Waals surface area contributed by atoms with Crippen LogP contribution in [0, 0.1) is 11.6 Å². The second-order valence-electron chi connectivity index (χ2n) is 9.20. The maximum atomic E-state index is 14.9. The summed E-state index contributed by atoms with van der Waals surface area (Å²) < 4.78 is 29.8. The molecule has 4 rings (SSSR count). The van der Waals surface area contributed by atoms with Crippen molar-refractivity contribution in [3.05, 3.63) is 130 Å². The smallest absolute Gasteiger partial charge is 0.129 e. The highest BCUT2D eigenvalue weighted by molar-refractivity contribution is 5.64. The van der Waals surface area contributed by atoms with Crippen LogP contribution in [0.5, 0.6) is 0 Å². The fraction of sp³-hybridized carbons (Fsp3) is 0.250. The van der Waals surface area contributed by atoms with E-state index in [0.29, 0.717) is 12.0 Å². The molecular formula is C32H32F2. The van der Waals surface area contributed by atoms with Gasteiger partial charge in [0, 0.05) is 5.56 Å². The molecule has 0 saturated carbocycles. The maximum Gasteiger partial charge on any atom is 0.129 e. The molecule has 0 heterocycles. The molecule has 0 aliphatic carbocycles. The Bertz CT molecular complexity index is 1170. The number of benzene rings is 4. The first-order valence-electron chi connectivity index (χ1n) is 12.2. The molecule has 0 radical (unpaired) electrons. The Labute approximate surface area is 202 Å². The quantitative estimate of drug-likeness (QED) is 0.237. The van der Waals surface area contributed by atoms with Crippen molar-refractivity contribution >= 4 is 0 Å². The third kappa shape index (κ3) is 5.99. The fourth-order valence-corrected chi connectivity index (χ4v) is 4.48. The Morgan fingerprint density at radius 2 is 1.12 bits per heavy atom. The third-order valence-corrected chi connectivity index (χ3v) is 6.57. The van der Waals surface area contributed by atoms with E-state index in [9.17, 15) is 8.78 Å². The van der Waals surface area contributed by atoms with Gasteiger partial charge in [0.25, 0.3) is 0 Å². The minimum atomic E-state index is -0.478. The predicted molar refractivity (Wildman–Crippen MR) is 138 cm³/mol. The summed E-state index contributed by atoms with van der Waals surface area (Å²) in [5, 5.41) is 0. The van der Waals surface area contributed by atoms with Crippen molar-refractivity contribution in [2.45, 2.75) is 51.9 Å². The standard InChI is InChI=1S/C32H32F2/c1-3-7-24-10-12-25(13-11-24)14-15-26-16-18-28(19-17-26)29-21-31(33)30(32(34)22-29)20-23(2)27-8-5-4-6-9-27/h4-6,8-13,16-19,21-23H,3,7,14-15,20H2,1-2H3/t23-/m0/s1. The van der Waals surface area contributed by atoms with Crippen LogP contribution in [-0.2, 0) is 25.7 Å². The van der Waals surface area contributed by atoms with Crippen LogP contribution in [0.4, 0.5) is 8.78 Å². The van der Waals surface area contributed by atoms with Gasteiger partial charge in [-0.05, 0) is 77.1 Å². The average Bonchev–Trinajstić information content (AvgIpc) is 2.86. The maximum absolute atomic E-state index is 14.9. The summed E-state index contributed by atoms with van der Waals surface area (Å²) in [5.74, 6) is -0.917. The molecule has 2 heteroatoms. The monoisotopic (exact) mass is 454 g/mol. The molecule has 4 aromatic rings. The molecule has 0 N–H and O–H groups in total. The molecule has 0 aliphatic heterocycles. The van der Waals surface area contributed by atoms with Gasteiger partial charge in [-0.3, -0.25) is 0 Å². The number of hydrogen-bond donors (Lipinski definition) is 0. The van der Waals surface area contributed by atoms with E-state index in [-0.39, 0.29) is 11.5 Å². The van der Waals surface area contributed by atoms with Crippen molar-refractivity contribution in [1.29, 1.82) is 0 Å². The molecule has 34 heavy (non-hydrogen) atoms. The van der Waals surface area contributed by atoms with E-state index < -0.39 is 11.6 Å². The van der Waals surface area contributed by atoms with Crippen LogP contribution in [0.2, 0.25) is 0 Å². The SMILES string of the molecule is CCCc1ccc(CCc2ccc(-c3cc(F)c(C[C@H](C)c4ccccc4)c(F)c3)cc2)cc1. The summed E-state index contributed by atoms with van der Waals surface area (Å²) in [6, 6.07) is 29.7. The van der Waals surface area contributed by atoms with E-state index in [1.807, 2.05) is 49.4 Å². The molecule has 0 saturated heterocycles. The first-order valence-corrected chi connectivity index (χ1v) is 12.2. The van der Waals surface area contributed by atoms with Crippen molar-refractivity contribution in [2.24, 2.45) is 0 Å². The van der Waals surface area contributed by atoms with Crippen LogP contribution >= 0.6 is 0 Å². The normalized spacial score (nSPS) is 12.0. The summed E-state index contributed by atoms with van der Waals surface area (Å²) >= 11 is 0. The summed E-state index contributed by atoms with van der Waals surface area (Å²) in [5.41, 5.74) is 6.57. The number of aryl methyl sites for hydroxylation is 3. The number of rotatable bonds is 9. The van der Waals surface area contributed by atoms with Gasteiger partial charge in [0.2, 0.25) is 0 Å². The molecule has 4 aromatic carbocycles. The van der Waals surface area contributed by atoms with Gasteiger partial charge >= 0.3 is 0 Å². The second-order valence-corrected chi connectivity index (χ2v) is 9.20. The van der Waals surface area contributed by atoms with Crippen molar-refractivity contribution in [3.8, 4) is 11.1 Å². The number of halogens is 2. The van der Waals surface area contributed by atoms with E-state index in [1.54, 1.807) is 0 Å². The zero-order chi connectivity index (χ0) is 23.9. The fourth-order valence-electron chi connectivity index (χ4n) is 4.48. The third-order valence-electron chi connectivity index (χ3n) is 6.57. The Morgan fingerprint density at radius 1 is 0.618 bits per heavy atom. The van der Waals surface area contributed by atoms with Crippen LogP contribution in [0.3, 0.4) is 0 Å². The van der Waals surface area contributed by atoms with Gasteiger partial charge in [0.1, 0.15) is 11.6 Å². The van der Waals surface area contributed by atoms with Crippen LogP contribution in [0.1, 0.15) is 54.0 Å². The minimum absolute atomic E-state index is 0.0400. The average molecular weight is 455 g/mol. The lowest BCUT2D eigenvalue weighted by atomic mass is 9.92. The highest BCUT2D eigenvalue weighted by Gasteiger charge is 2.16. The van der Waals surface area contributed by atoms with Crippen LogP contribution in [0.25, 0.3) is 11.1 Å². The molecule has 0 aliphatic rings. The first kappa shape index (κ1) is 23.9. The lowest BCUT2D eigenvalue weighted by Gasteiger charge is -2.14. The molecule has 1 atom stereocenters. The second kappa shape index (κ2) is 11.2. The van der Waals surface area contributed by atoms with Crippen LogP contribution in [-0.4, -0.2) is 0 Å². The van der Waals surface area contributed by atoms with E-state index >= 15 is 0 Å². The Kier molecular flexibility index (Phi) is 7.90. The van der Waals surface area contributed by atoms with Gasteiger partial charge < -0.3 is 0 Å². The van der Waals surface area contributed by atoms with Gasteiger partial charge in [-0.15, -0.1) is 0 Å². The highest BCUT2D eigenvalue weighted by atomic mass is 19.1. The molecular weight excluding hydrogens is 422 g/mol. The lowest BCUT2D eigenvalue weighted by molar-refractivity contribution is 0.544. The van der Waals surface area contributed by atoms with E-state index in [1.165, 1.54) is 28.8 Å². The zero-order valence-electron chi connectivity index (χ0n) is 20.0. The summed E-state index contributed by atoms with van der Waals surface area (Å²) in [4.78, 5) is 0. The van der Waals surface area contributed by atoms with Gasteiger partial charge in [-0.1, -0.05) is 99.1 Å². The molecule has 0 nitrogen and oxygen atoms in total. The van der Waals surface area contributed by atoms with Crippen molar-refractivity contribution in [3.63, 3.8) is 0 Å². The Morgan fingerprint density at radius 3 is 1.65 bits per heavy atom. The topological polar surface area (TPSA) is 0 Å². The highest BCUT2D eigenvalue weighted by Crippen LogP contribution is 2.29. The van der Waals surface area contributed by atoms with E-state index in [4.69, 9.17) is 0 Å². The van der Waals surface area contributed by atoms with Crippen molar-refractivity contribution in [2.75, 3.05) is 0 Å². The first-order chi connectivity index (χ1) is 16.5. The summed E-state index contributed by atoms with van der Waals surface area (Å²) in [6.45, 7) is 4.20.